The van der Waals surface area contributed by atoms with Gasteiger partial charge in [0.25, 0.3) is 0 Å². The fraction of sp³-hybridized carbons (Fsp3) is 0.118. The Kier molecular flexibility index (Phi) is 3.03. The Morgan fingerprint density at radius 2 is 1.90 bits per heavy atom. The number of aryl methyl sites for hydroxylation is 1. The van der Waals surface area contributed by atoms with Crippen molar-refractivity contribution in [2.75, 3.05) is 0 Å². The standard InChI is InChI=1S/C17H15NO2/c1-11-7-8-15-13(9-11)14(10-16(19)20)17(18-15)12-5-3-2-4-6-12/h2-9,18H,10H2,1H3,(H,19,20). The van der Waals surface area contributed by atoms with Gasteiger partial charge in [0, 0.05) is 10.9 Å². The smallest absolute Gasteiger partial charge is 0.307 e. The van der Waals surface area contributed by atoms with Crippen LogP contribution in [0.2, 0.25) is 0 Å². The van der Waals surface area contributed by atoms with Crippen molar-refractivity contribution < 1.29 is 9.90 Å². The van der Waals surface area contributed by atoms with E-state index in [0.717, 1.165) is 33.3 Å². The molecule has 0 unspecified atom stereocenters. The molecular weight excluding hydrogens is 250 g/mol. The molecule has 0 atom stereocenters. The summed E-state index contributed by atoms with van der Waals surface area (Å²) in [7, 11) is 0. The molecule has 0 saturated heterocycles. The fourth-order valence-electron chi connectivity index (χ4n) is 2.55. The SMILES string of the molecule is Cc1ccc2[nH]c(-c3ccccc3)c(CC(=O)O)c2c1. The van der Waals surface area contributed by atoms with Crippen molar-refractivity contribution in [3.63, 3.8) is 0 Å². The molecule has 1 heterocycles. The average molecular weight is 265 g/mol. The average Bonchev–Trinajstić information content (AvgIpc) is 2.77. The van der Waals surface area contributed by atoms with Gasteiger partial charge < -0.3 is 10.1 Å². The second-order valence-corrected chi connectivity index (χ2v) is 4.96. The van der Waals surface area contributed by atoms with Crippen LogP contribution >= 0.6 is 0 Å². The van der Waals surface area contributed by atoms with E-state index in [9.17, 15) is 9.90 Å². The minimum absolute atomic E-state index is 0.0215. The Bertz CT molecular complexity index is 772. The highest BCUT2D eigenvalue weighted by Gasteiger charge is 2.15. The highest BCUT2D eigenvalue weighted by Crippen LogP contribution is 2.31. The summed E-state index contributed by atoms with van der Waals surface area (Å²) in [5.74, 6) is -0.815. The molecule has 3 aromatic rings. The third kappa shape index (κ3) is 2.18. The second kappa shape index (κ2) is 4.85. The van der Waals surface area contributed by atoms with Crippen molar-refractivity contribution in [3.05, 3.63) is 59.7 Å². The lowest BCUT2D eigenvalue weighted by molar-refractivity contribution is -0.136. The first-order valence-electron chi connectivity index (χ1n) is 6.53. The molecule has 3 heteroatoms. The zero-order chi connectivity index (χ0) is 14.1. The van der Waals surface area contributed by atoms with Crippen LogP contribution in [-0.4, -0.2) is 16.1 Å². The maximum Gasteiger partial charge on any atom is 0.307 e. The summed E-state index contributed by atoms with van der Waals surface area (Å²) in [5.41, 5.74) is 4.86. The van der Waals surface area contributed by atoms with E-state index in [4.69, 9.17) is 0 Å². The van der Waals surface area contributed by atoms with E-state index in [2.05, 4.69) is 4.98 Å². The molecule has 0 bridgehead atoms. The molecule has 3 nitrogen and oxygen atoms in total. The van der Waals surface area contributed by atoms with Crippen molar-refractivity contribution in [1.29, 1.82) is 0 Å². The highest BCUT2D eigenvalue weighted by atomic mass is 16.4. The van der Waals surface area contributed by atoms with E-state index in [1.807, 2.05) is 55.5 Å². The number of nitrogens with one attached hydrogen (secondary N) is 1. The molecule has 20 heavy (non-hydrogen) atoms. The molecule has 0 saturated carbocycles. The van der Waals surface area contributed by atoms with E-state index in [-0.39, 0.29) is 6.42 Å². The topological polar surface area (TPSA) is 53.1 Å². The first kappa shape index (κ1) is 12.5. The Balaban J connectivity index is 2.28. The van der Waals surface area contributed by atoms with Crippen molar-refractivity contribution in [2.45, 2.75) is 13.3 Å². The molecule has 0 aliphatic heterocycles. The lowest BCUT2D eigenvalue weighted by atomic mass is 10.0. The molecular formula is C17H15NO2. The second-order valence-electron chi connectivity index (χ2n) is 4.96. The zero-order valence-corrected chi connectivity index (χ0v) is 11.2. The molecule has 0 spiro atoms. The van der Waals surface area contributed by atoms with Gasteiger partial charge >= 0.3 is 5.97 Å². The number of rotatable bonds is 3. The van der Waals surface area contributed by atoms with Crippen LogP contribution in [0.5, 0.6) is 0 Å². The van der Waals surface area contributed by atoms with Crippen molar-refractivity contribution in [3.8, 4) is 11.3 Å². The molecule has 0 aliphatic carbocycles. The van der Waals surface area contributed by atoms with Gasteiger partial charge in [-0.15, -0.1) is 0 Å². The number of carboxylic acids is 1. The number of benzene rings is 2. The molecule has 0 fully saturated rings. The van der Waals surface area contributed by atoms with Gasteiger partial charge in [-0.3, -0.25) is 4.79 Å². The van der Waals surface area contributed by atoms with Gasteiger partial charge in [-0.2, -0.15) is 0 Å². The van der Waals surface area contributed by atoms with Gasteiger partial charge in [-0.1, -0.05) is 42.0 Å². The van der Waals surface area contributed by atoms with Gasteiger partial charge in [0.1, 0.15) is 0 Å². The van der Waals surface area contributed by atoms with Gasteiger partial charge in [0.15, 0.2) is 0 Å². The van der Waals surface area contributed by atoms with Gasteiger partial charge in [-0.05, 0) is 30.2 Å². The molecule has 0 aliphatic rings. The van der Waals surface area contributed by atoms with Crippen LogP contribution in [-0.2, 0) is 11.2 Å². The van der Waals surface area contributed by atoms with Gasteiger partial charge in [-0.25, -0.2) is 0 Å². The number of carbonyl (C=O) groups is 1. The van der Waals surface area contributed by atoms with Crippen molar-refractivity contribution >= 4 is 16.9 Å². The van der Waals surface area contributed by atoms with E-state index in [0.29, 0.717) is 0 Å². The minimum atomic E-state index is -0.815. The van der Waals surface area contributed by atoms with Crippen LogP contribution in [0.25, 0.3) is 22.2 Å². The number of aromatic amines is 1. The third-order valence-corrected chi connectivity index (χ3v) is 3.45. The normalized spacial score (nSPS) is 10.8. The van der Waals surface area contributed by atoms with Crippen LogP contribution in [0.15, 0.2) is 48.5 Å². The largest absolute Gasteiger partial charge is 0.481 e. The van der Waals surface area contributed by atoms with Crippen molar-refractivity contribution in [1.82, 2.24) is 4.98 Å². The van der Waals surface area contributed by atoms with Crippen LogP contribution in [0.1, 0.15) is 11.1 Å². The quantitative estimate of drug-likeness (QED) is 0.757. The summed E-state index contributed by atoms with van der Waals surface area (Å²) in [4.78, 5) is 14.5. The summed E-state index contributed by atoms with van der Waals surface area (Å²) in [6, 6.07) is 15.9. The van der Waals surface area contributed by atoms with Gasteiger partial charge in [0.05, 0.1) is 12.1 Å². The molecule has 3 rings (SSSR count). The number of aromatic nitrogens is 1. The molecule has 2 aromatic carbocycles. The molecule has 0 amide bonds. The summed E-state index contributed by atoms with van der Waals surface area (Å²) >= 11 is 0. The zero-order valence-electron chi connectivity index (χ0n) is 11.2. The summed E-state index contributed by atoms with van der Waals surface area (Å²) < 4.78 is 0. The molecule has 100 valence electrons. The Labute approximate surface area is 116 Å². The monoisotopic (exact) mass is 265 g/mol. The maximum absolute atomic E-state index is 11.2. The predicted molar refractivity (Wildman–Crippen MR) is 79.8 cm³/mol. The summed E-state index contributed by atoms with van der Waals surface area (Å²) in [5, 5.41) is 10.2. The summed E-state index contributed by atoms with van der Waals surface area (Å²) in [6.45, 7) is 2.01. The van der Waals surface area contributed by atoms with E-state index >= 15 is 0 Å². The Hall–Kier alpha value is -2.55. The van der Waals surface area contributed by atoms with E-state index in [1.54, 1.807) is 0 Å². The number of aliphatic carboxylic acids is 1. The first-order valence-corrected chi connectivity index (χ1v) is 6.53. The maximum atomic E-state index is 11.2. The first-order chi connectivity index (χ1) is 9.65. The van der Waals surface area contributed by atoms with Crippen molar-refractivity contribution in [2.24, 2.45) is 0 Å². The van der Waals surface area contributed by atoms with Gasteiger partial charge in [0.2, 0.25) is 0 Å². The van der Waals surface area contributed by atoms with E-state index in [1.165, 1.54) is 0 Å². The number of hydrogen-bond acceptors (Lipinski definition) is 1. The lowest BCUT2D eigenvalue weighted by Crippen LogP contribution is -2.00. The fourth-order valence-corrected chi connectivity index (χ4v) is 2.55. The Morgan fingerprint density at radius 1 is 1.15 bits per heavy atom. The molecule has 1 aromatic heterocycles. The molecule has 0 radical (unpaired) electrons. The van der Waals surface area contributed by atoms with Crippen LogP contribution in [0.4, 0.5) is 0 Å². The number of fused-ring (bicyclic) bond motifs is 1. The minimum Gasteiger partial charge on any atom is -0.481 e. The Morgan fingerprint density at radius 3 is 2.60 bits per heavy atom. The van der Waals surface area contributed by atoms with E-state index < -0.39 is 5.97 Å². The van der Waals surface area contributed by atoms with Crippen LogP contribution in [0, 0.1) is 6.92 Å². The lowest BCUT2D eigenvalue weighted by Gasteiger charge is -2.02. The number of hydrogen-bond donors (Lipinski definition) is 2. The third-order valence-electron chi connectivity index (χ3n) is 3.45. The summed E-state index contributed by atoms with van der Waals surface area (Å²) in [6.07, 6.45) is 0.0215. The number of carboxylic acid groups (broad SMARTS) is 1. The predicted octanol–water partition coefficient (Wildman–Crippen LogP) is 3.77. The highest BCUT2D eigenvalue weighted by molar-refractivity contribution is 5.94. The number of H-pyrrole nitrogens is 1. The van der Waals surface area contributed by atoms with Crippen LogP contribution in [0.3, 0.4) is 0 Å². The van der Waals surface area contributed by atoms with Crippen LogP contribution < -0.4 is 0 Å². The molecule has 2 N–H and O–H groups in total.